The Bertz CT molecular complexity index is 1950. The van der Waals surface area contributed by atoms with Gasteiger partial charge in [-0.3, -0.25) is 4.57 Å². The van der Waals surface area contributed by atoms with Crippen LogP contribution in [0.3, 0.4) is 0 Å². The molecule has 1 amide bonds. The number of carbonyl (C=O) groups excluding carboxylic acids is 1. The fourth-order valence-electron chi connectivity index (χ4n) is 4.95. The summed E-state index contributed by atoms with van der Waals surface area (Å²) in [5, 5.41) is 16.3. The second-order valence-electron chi connectivity index (χ2n) is 11.4. The van der Waals surface area contributed by atoms with E-state index in [-0.39, 0.29) is 30.0 Å². The zero-order valence-electron chi connectivity index (χ0n) is 25.0. The van der Waals surface area contributed by atoms with Gasteiger partial charge in [0.15, 0.2) is 11.7 Å². The van der Waals surface area contributed by atoms with E-state index in [9.17, 15) is 28.0 Å². The van der Waals surface area contributed by atoms with Crippen LogP contribution in [0, 0.1) is 18.3 Å². The van der Waals surface area contributed by atoms with Crippen molar-refractivity contribution in [3.05, 3.63) is 106 Å². The third kappa shape index (κ3) is 6.58. The second kappa shape index (κ2) is 11.9. The number of quaternary nitrogens is 1. The molecule has 0 fully saturated rings. The number of benzene rings is 2. The van der Waals surface area contributed by atoms with Gasteiger partial charge in [-0.25, -0.2) is 23.8 Å². The van der Waals surface area contributed by atoms with E-state index in [1.807, 2.05) is 27.2 Å². The lowest BCUT2D eigenvalue weighted by molar-refractivity contribution is -0.884. The standard InChI is InChI=1S/C31H29F3N8O3/c1-20-28(26-12-15-38-41(26)23-10-8-21(17-35)9-11-23)40(30(44)39(20)24-7-5-6-22(16-24)31(32,33)34)29(43)36-14-13-27-37-18-25(45-27)19-42(2,3)4/h5-12,15-16,18H,13-14,19H2,1-4H3/p+1. The van der Waals surface area contributed by atoms with Crippen LogP contribution in [0.5, 0.6) is 0 Å². The number of hydrogen-bond acceptors (Lipinski definition) is 6. The molecule has 45 heavy (non-hydrogen) atoms. The first-order chi connectivity index (χ1) is 21.3. The van der Waals surface area contributed by atoms with Crippen LogP contribution in [-0.4, -0.2) is 62.1 Å². The van der Waals surface area contributed by atoms with Gasteiger partial charge in [-0.2, -0.15) is 23.5 Å². The van der Waals surface area contributed by atoms with Gasteiger partial charge in [-0.15, -0.1) is 0 Å². The quantitative estimate of drug-likeness (QED) is 0.252. The first-order valence-electron chi connectivity index (χ1n) is 13.9. The van der Waals surface area contributed by atoms with Crippen LogP contribution in [0.2, 0.25) is 0 Å². The molecule has 0 saturated carbocycles. The molecule has 0 saturated heterocycles. The highest BCUT2D eigenvalue weighted by atomic mass is 19.4. The van der Waals surface area contributed by atoms with Gasteiger partial charge >= 0.3 is 17.9 Å². The molecule has 0 aliphatic rings. The monoisotopic (exact) mass is 619 g/mol. The molecule has 14 heteroatoms. The van der Waals surface area contributed by atoms with E-state index in [1.165, 1.54) is 23.0 Å². The number of aromatic nitrogens is 5. The Morgan fingerprint density at radius 2 is 1.82 bits per heavy atom. The second-order valence-corrected chi connectivity index (χ2v) is 11.4. The molecule has 232 valence electrons. The average molecular weight is 620 g/mol. The number of hydrogen-bond donors (Lipinski definition) is 1. The van der Waals surface area contributed by atoms with E-state index in [0.717, 1.165) is 21.3 Å². The van der Waals surface area contributed by atoms with Crippen molar-refractivity contribution in [3.8, 4) is 28.8 Å². The van der Waals surface area contributed by atoms with Crippen LogP contribution in [0.4, 0.5) is 18.0 Å². The van der Waals surface area contributed by atoms with Gasteiger partial charge in [-0.1, -0.05) is 6.07 Å². The third-order valence-electron chi connectivity index (χ3n) is 6.89. The van der Waals surface area contributed by atoms with Crippen LogP contribution in [-0.2, 0) is 19.1 Å². The van der Waals surface area contributed by atoms with E-state index in [0.29, 0.717) is 39.6 Å². The number of imidazole rings is 1. The number of nitrogens with zero attached hydrogens (tertiary/aromatic N) is 7. The Labute approximate surface area is 256 Å². The Kier molecular flexibility index (Phi) is 8.22. The highest BCUT2D eigenvalue weighted by Gasteiger charge is 2.32. The number of rotatable bonds is 8. The summed E-state index contributed by atoms with van der Waals surface area (Å²) < 4.78 is 50.6. The molecule has 0 spiro atoms. The van der Waals surface area contributed by atoms with Crippen LogP contribution in [0.15, 0.2) is 76.2 Å². The van der Waals surface area contributed by atoms with E-state index >= 15 is 0 Å². The lowest BCUT2D eigenvalue weighted by Crippen LogP contribution is -2.38. The Balaban J connectivity index is 1.55. The number of carbonyl (C=O) groups is 1. The van der Waals surface area contributed by atoms with Gasteiger partial charge in [0.1, 0.15) is 12.2 Å². The molecule has 3 heterocycles. The molecule has 0 aliphatic heterocycles. The average Bonchev–Trinajstić information content (AvgIpc) is 3.69. The van der Waals surface area contributed by atoms with Crippen LogP contribution in [0.1, 0.15) is 28.5 Å². The lowest BCUT2D eigenvalue weighted by atomic mass is 10.2. The van der Waals surface area contributed by atoms with Gasteiger partial charge in [0, 0.05) is 13.0 Å². The van der Waals surface area contributed by atoms with Crippen LogP contribution >= 0.6 is 0 Å². The smallest absolute Gasteiger partial charge is 0.416 e. The van der Waals surface area contributed by atoms with Gasteiger partial charge in [0.05, 0.1) is 73.5 Å². The van der Waals surface area contributed by atoms with Crippen molar-refractivity contribution in [3.63, 3.8) is 0 Å². The summed E-state index contributed by atoms with van der Waals surface area (Å²) in [5.74, 6) is 1.09. The molecule has 1 N–H and O–H groups in total. The minimum Gasteiger partial charge on any atom is -0.440 e. The number of nitriles is 1. The van der Waals surface area contributed by atoms with Crippen molar-refractivity contribution in [2.75, 3.05) is 27.7 Å². The molecule has 5 rings (SSSR count). The lowest BCUT2D eigenvalue weighted by Gasteiger charge is -2.21. The number of halogens is 3. The van der Waals surface area contributed by atoms with E-state index in [4.69, 9.17) is 4.42 Å². The summed E-state index contributed by atoms with van der Waals surface area (Å²) in [4.78, 5) is 31.8. The van der Waals surface area contributed by atoms with E-state index in [1.54, 1.807) is 43.5 Å². The summed E-state index contributed by atoms with van der Waals surface area (Å²) in [6.07, 6.45) is -1.30. The maximum absolute atomic E-state index is 13.9. The SMILES string of the molecule is Cc1c(-c2ccnn2-c2ccc(C#N)cc2)n(C(=O)NCCc2ncc(C[N+](C)(C)C)o2)c(=O)n1-c1cccc(C(F)(F)F)c1. The molecule has 0 radical (unpaired) electrons. The van der Waals surface area contributed by atoms with Crippen LogP contribution < -0.4 is 11.0 Å². The van der Waals surface area contributed by atoms with Crippen LogP contribution in [0.25, 0.3) is 22.8 Å². The highest BCUT2D eigenvalue weighted by Crippen LogP contribution is 2.32. The molecular formula is C31H30F3N8O3+. The first-order valence-corrected chi connectivity index (χ1v) is 13.9. The molecule has 0 bridgehead atoms. The number of nitrogens with one attached hydrogen (secondary N) is 1. The minimum absolute atomic E-state index is 0.0610. The topological polar surface area (TPSA) is 124 Å². The zero-order chi connectivity index (χ0) is 32.5. The maximum atomic E-state index is 13.9. The molecule has 0 atom stereocenters. The van der Waals surface area contributed by atoms with Gasteiger partial charge < -0.3 is 14.2 Å². The van der Waals surface area contributed by atoms with Crippen molar-refractivity contribution in [1.82, 2.24) is 29.2 Å². The largest absolute Gasteiger partial charge is 0.440 e. The molecule has 0 aliphatic carbocycles. The van der Waals surface area contributed by atoms with Gasteiger partial charge in [0.2, 0.25) is 0 Å². The van der Waals surface area contributed by atoms with Crippen molar-refractivity contribution in [2.24, 2.45) is 0 Å². The van der Waals surface area contributed by atoms with Crippen molar-refractivity contribution < 1.29 is 26.9 Å². The fourth-order valence-corrected chi connectivity index (χ4v) is 4.95. The van der Waals surface area contributed by atoms with Crippen molar-refractivity contribution >= 4 is 6.03 Å². The highest BCUT2D eigenvalue weighted by molar-refractivity contribution is 5.83. The molecule has 5 aromatic rings. The van der Waals surface area contributed by atoms with Gasteiger partial charge in [0.25, 0.3) is 0 Å². The number of alkyl halides is 3. The third-order valence-corrected chi connectivity index (χ3v) is 6.89. The predicted molar refractivity (Wildman–Crippen MR) is 158 cm³/mol. The van der Waals surface area contributed by atoms with Crippen molar-refractivity contribution in [1.29, 1.82) is 5.26 Å². The molecular weight excluding hydrogens is 589 g/mol. The summed E-state index contributed by atoms with van der Waals surface area (Å²) in [7, 11) is 6.04. The minimum atomic E-state index is -4.64. The summed E-state index contributed by atoms with van der Waals surface area (Å²) in [6.45, 7) is 2.23. The maximum Gasteiger partial charge on any atom is 0.416 e. The zero-order valence-corrected chi connectivity index (χ0v) is 25.0. The summed E-state index contributed by atoms with van der Waals surface area (Å²) >= 11 is 0. The molecule has 11 nitrogen and oxygen atoms in total. The number of oxazole rings is 1. The fraction of sp³-hybridized carbons (Fsp3) is 0.258. The first kappa shape index (κ1) is 31.0. The number of amides is 1. The molecule has 2 aromatic carbocycles. The Hall–Kier alpha value is -5.42. The van der Waals surface area contributed by atoms with E-state index in [2.05, 4.69) is 15.4 Å². The normalized spacial score (nSPS) is 11.9. The summed E-state index contributed by atoms with van der Waals surface area (Å²) in [6, 6.07) is 13.6. The molecule has 3 aromatic heterocycles. The summed E-state index contributed by atoms with van der Waals surface area (Å²) in [5.41, 5.74) is -0.251. The molecule has 0 unspecified atom stereocenters. The van der Waals surface area contributed by atoms with E-state index < -0.39 is 23.5 Å². The predicted octanol–water partition coefficient (Wildman–Crippen LogP) is 4.69. The Morgan fingerprint density at radius 1 is 1.09 bits per heavy atom. The Morgan fingerprint density at radius 3 is 2.49 bits per heavy atom. The van der Waals surface area contributed by atoms with Crippen molar-refractivity contribution in [2.45, 2.75) is 26.1 Å². The van der Waals surface area contributed by atoms with Gasteiger partial charge in [-0.05, 0) is 55.5 Å².